The van der Waals surface area contributed by atoms with Crippen LogP contribution in [0.1, 0.15) is 5.56 Å². The Labute approximate surface area is 134 Å². The zero-order valence-corrected chi connectivity index (χ0v) is 12.2. The summed E-state index contributed by atoms with van der Waals surface area (Å²) in [4.78, 5) is 11.5. The number of nitrogens with one attached hydrogen (secondary N) is 1. The van der Waals surface area contributed by atoms with Gasteiger partial charge >= 0.3 is 18.7 Å². The number of amides is 2. The molecule has 9 N–H and O–H groups in total. The summed E-state index contributed by atoms with van der Waals surface area (Å²) in [7, 11) is 0. The number of nitrogens with two attached hydrogens (primary N) is 4. The molecule has 0 fully saturated rings. The summed E-state index contributed by atoms with van der Waals surface area (Å²) in [5, 5.41) is 7.22. The van der Waals surface area contributed by atoms with Crippen LogP contribution in [-0.4, -0.2) is 25.0 Å². The van der Waals surface area contributed by atoms with E-state index in [1.807, 2.05) is 0 Å². The largest absolute Gasteiger partial charge is 0.459 e. The molecule has 11 nitrogen and oxygen atoms in total. The molecule has 1 aromatic rings. The Morgan fingerprint density at radius 3 is 2.75 bits per heavy atom. The Kier molecular flexibility index (Phi) is 7.12. The second-order valence-corrected chi connectivity index (χ2v) is 3.94. The Balaban J connectivity index is 3.17. The van der Waals surface area contributed by atoms with E-state index in [1.165, 1.54) is 18.2 Å². The molecule has 2 amide bonds. The van der Waals surface area contributed by atoms with Crippen LogP contribution < -0.4 is 38.3 Å². The third-order valence-corrected chi connectivity index (χ3v) is 2.51. The molecule has 0 aliphatic heterocycles. The molecule has 0 aliphatic carbocycles. The van der Waals surface area contributed by atoms with Crippen molar-refractivity contribution in [2.45, 2.75) is 13.2 Å². The Morgan fingerprint density at radius 1 is 1.46 bits per heavy atom. The van der Waals surface area contributed by atoms with E-state index >= 15 is 0 Å². The van der Waals surface area contributed by atoms with Gasteiger partial charge in [-0.05, 0) is 12.1 Å². The first-order valence-electron chi connectivity index (χ1n) is 6.22. The number of ether oxygens (including phenoxy) is 2. The molecule has 1 aromatic carbocycles. The average molecular weight is 346 g/mol. The van der Waals surface area contributed by atoms with Crippen LogP contribution in [0.25, 0.3) is 0 Å². The molecule has 0 atom stereocenters. The molecule has 0 radical (unpaired) electrons. The Hall–Kier alpha value is -3.19. The van der Waals surface area contributed by atoms with Crippen molar-refractivity contribution in [3.05, 3.63) is 23.8 Å². The molecule has 13 heteroatoms. The van der Waals surface area contributed by atoms with Gasteiger partial charge in [-0.2, -0.15) is 8.78 Å². The number of hydrogen-bond acceptors (Lipinski definition) is 7. The molecule has 0 bridgehead atoms. The number of hydrazine groups is 2. The molecular weight excluding hydrogens is 330 g/mol. The summed E-state index contributed by atoms with van der Waals surface area (Å²) in [6, 6.07) is 2.63. The maximum atomic E-state index is 12.5. The molecule has 24 heavy (non-hydrogen) atoms. The van der Waals surface area contributed by atoms with E-state index in [4.69, 9.17) is 27.9 Å². The summed E-state index contributed by atoms with van der Waals surface area (Å²) in [6.07, 6.45) is 0.864. The topological polar surface area (TPSA) is 180 Å². The number of carbonyl (C=O) groups excluding carboxylic acids is 1. The number of amidine groups is 1. The van der Waals surface area contributed by atoms with Crippen LogP contribution in [0.3, 0.4) is 0 Å². The highest BCUT2D eigenvalue weighted by Gasteiger charge is 2.20. The number of benzene rings is 1. The van der Waals surface area contributed by atoms with E-state index < -0.39 is 25.3 Å². The lowest BCUT2D eigenvalue weighted by molar-refractivity contribution is -0.0508. The van der Waals surface area contributed by atoms with Crippen molar-refractivity contribution in [1.82, 2.24) is 5.43 Å². The van der Waals surface area contributed by atoms with Gasteiger partial charge < -0.3 is 20.9 Å². The van der Waals surface area contributed by atoms with Crippen molar-refractivity contribution >= 4 is 24.1 Å². The minimum absolute atomic E-state index is 0.00113. The zero-order valence-electron chi connectivity index (χ0n) is 12.2. The van der Waals surface area contributed by atoms with Gasteiger partial charge in [0.1, 0.15) is 18.7 Å². The van der Waals surface area contributed by atoms with Crippen molar-refractivity contribution in [2.24, 2.45) is 33.4 Å². The van der Waals surface area contributed by atoms with Crippen molar-refractivity contribution in [3.8, 4) is 5.75 Å². The van der Waals surface area contributed by atoms with Crippen LogP contribution in [0, 0.1) is 0 Å². The molecule has 132 valence electrons. The highest BCUT2D eigenvalue weighted by Crippen LogP contribution is 2.30. The number of nitrogens with zero attached hydrogens (tertiary/aromatic N) is 3. The number of rotatable bonds is 6. The molecule has 0 heterocycles. The zero-order chi connectivity index (χ0) is 18.1. The van der Waals surface area contributed by atoms with Gasteiger partial charge in [0.05, 0.1) is 11.3 Å². The first-order chi connectivity index (χ1) is 11.4. The van der Waals surface area contributed by atoms with E-state index in [0.717, 1.165) is 6.34 Å². The van der Waals surface area contributed by atoms with Gasteiger partial charge in [-0.25, -0.2) is 21.5 Å². The molecule has 0 spiro atoms. The fourth-order valence-corrected chi connectivity index (χ4v) is 1.58. The van der Waals surface area contributed by atoms with E-state index in [-0.39, 0.29) is 17.0 Å². The normalized spacial score (nSPS) is 11.6. The third kappa shape index (κ3) is 5.22. The van der Waals surface area contributed by atoms with E-state index in [1.54, 1.807) is 5.43 Å². The predicted octanol–water partition coefficient (Wildman–Crippen LogP) is -0.715. The van der Waals surface area contributed by atoms with Crippen LogP contribution in [0.5, 0.6) is 5.75 Å². The summed E-state index contributed by atoms with van der Waals surface area (Å²) in [5.74, 6) is 10.3. The van der Waals surface area contributed by atoms with E-state index in [9.17, 15) is 13.6 Å². The maximum absolute atomic E-state index is 12.5. The molecule has 1 rings (SSSR count). The van der Waals surface area contributed by atoms with Gasteiger partial charge in [-0.1, -0.05) is 11.2 Å². The van der Waals surface area contributed by atoms with Crippen LogP contribution in [0.4, 0.5) is 19.3 Å². The van der Waals surface area contributed by atoms with Gasteiger partial charge in [-0.15, -0.1) is 5.10 Å². The number of carbonyl (C=O) groups is 1. The molecular formula is C11H16F2N8O3. The SMILES string of the molecule is N/C=N\N=C(/N)OCc1c(OC(F)F)cccc1N(N)C(=O)NN. The first-order valence-corrected chi connectivity index (χ1v) is 6.22. The van der Waals surface area contributed by atoms with Crippen LogP contribution in [-0.2, 0) is 11.3 Å². The third-order valence-electron chi connectivity index (χ3n) is 2.51. The minimum atomic E-state index is -3.11. The monoisotopic (exact) mass is 346 g/mol. The lowest BCUT2D eigenvalue weighted by Gasteiger charge is -2.21. The molecule has 0 unspecified atom stereocenters. The standard InChI is InChI=1S/C11H16F2N8O3/c12-9(13)24-8-3-1-2-7(21(17)11(22)19-16)6(8)4-23-10(15)20-18-5-14/h1-3,5,9H,4,16-17H2,(H2,14,18)(H2,15,20)(H,19,22). The van der Waals surface area contributed by atoms with Crippen LogP contribution in [0.2, 0.25) is 0 Å². The number of urea groups is 1. The van der Waals surface area contributed by atoms with Gasteiger partial charge in [0.15, 0.2) is 0 Å². The minimum Gasteiger partial charge on any atom is -0.459 e. The Morgan fingerprint density at radius 2 is 2.17 bits per heavy atom. The molecule has 0 saturated heterocycles. The predicted molar refractivity (Wildman–Crippen MR) is 81.6 cm³/mol. The van der Waals surface area contributed by atoms with Gasteiger partial charge in [0, 0.05) is 0 Å². The van der Waals surface area contributed by atoms with Crippen molar-refractivity contribution in [1.29, 1.82) is 0 Å². The number of halogens is 2. The number of hydrogen-bond donors (Lipinski definition) is 5. The second-order valence-electron chi connectivity index (χ2n) is 3.94. The lowest BCUT2D eigenvalue weighted by atomic mass is 10.1. The van der Waals surface area contributed by atoms with E-state index in [0.29, 0.717) is 5.01 Å². The van der Waals surface area contributed by atoms with Gasteiger partial charge in [0.25, 0.3) is 0 Å². The van der Waals surface area contributed by atoms with Crippen molar-refractivity contribution in [3.63, 3.8) is 0 Å². The van der Waals surface area contributed by atoms with Crippen LogP contribution >= 0.6 is 0 Å². The maximum Gasteiger partial charge on any atom is 0.387 e. The van der Waals surface area contributed by atoms with E-state index in [2.05, 4.69) is 14.9 Å². The highest BCUT2D eigenvalue weighted by atomic mass is 19.3. The second kappa shape index (κ2) is 9.06. The number of alkyl halides is 2. The summed E-state index contributed by atoms with van der Waals surface area (Å²) < 4.78 is 34.5. The molecule has 0 aromatic heterocycles. The first kappa shape index (κ1) is 18.9. The lowest BCUT2D eigenvalue weighted by Crippen LogP contribution is -2.48. The quantitative estimate of drug-likeness (QED) is 0.148. The summed E-state index contributed by atoms with van der Waals surface area (Å²) in [6.45, 7) is -3.51. The summed E-state index contributed by atoms with van der Waals surface area (Å²) >= 11 is 0. The fraction of sp³-hybridized carbons (Fsp3) is 0.182. The van der Waals surface area contributed by atoms with Crippen LogP contribution in [0.15, 0.2) is 28.4 Å². The van der Waals surface area contributed by atoms with Crippen molar-refractivity contribution in [2.75, 3.05) is 5.01 Å². The highest BCUT2D eigenvalue weighted by molar-refractivity contribution is 5.91. The smallest absolute Gasteiger partial charge is 0.387 e. The fourth-order valence-electron chi connectivity index (χ4n) is 1.58. The number of anilines is 1. The Bertz CT molecular complexity index is 625. The summed E-state index contributed by atoms with van der Waals surface area (Å²) in [5.41, 5.74) is 12.2. The van der Waals surface area contributed by atoms with Crippen molar-refractivity contribution < 1.29 is 23.0 Å². The average Bonchev–Trinajstić information content (AvgIpc) is 2.56. The van der Waals surface area contributed by atoms with Gasteiger partial charge in [-0.3, -0.25) is 5.43 Å². The van der Waals surface area contributed by atoms with Gasteiger partial charge in [0.2, 0.25) is 0 Å². The molecule has 0 aliphatic rings. The molecule has 0 saturated carbocycles.